The van der Waals surface area contributed by atoms with E-state index < -0.39 is 0 Å². The average Bonchev–Trinajstić information content (AvgIpc) is 2.44. The molecule has 1 aromatic carbocycles. The van der Waals surface area contributed by atoms with E-state index in [4.69, 9.17) is 0 Å². The highest BCUT2D eigenvalue weighted by Crippen LogP contribution is 2.21. The largest absolute Gasteiger partial charge is 0.340 e. The van der Waals surface area contributed by atoms with Crippen molar-refractivity contribution in [2.75, 3.05) is 10.6 Å². The van der Waals surface area contributed by atoms with Crippen molar-refractivity contribution < 1.29 is 4.79 Å². The van der Waals surface area contributed by atoms with Gasteiger partial charge in [0.25, 0.3) is 0 Å². The summed E-state index contributed by atoms with van der Waals surface area (Å²) in [5.41, 5.74) is 4.13. The number of pyridine rings is 1. The maximum atomic E-state index is 11.7. The van der Waals surface area contributed by atoms with E-state index in [1.807, 2.05) is 26.0 Å². The van der Waals surface area contributed by atoms with Crippen molar-refractivity contribution in [3.05, 3.63) is 47.7 Å². The lowest BCUT2D eigenvalue weighted by Gasteiger charge is -2.11. The molecule has 0 fully saturated rings. The quantitative estimate of drug-likeness (QED) is 0.858. The van der Waals surface area contributed by atoms with Gasteiger partial charge in [0, 0.05) is 12.1 Å². The van der Waals surface area contributed by atoms with E-state index in [2.05, 4.69) is 47.7 Å². The Morgan fingerprint density at radius 1 is 1.18 bits per heavy atom. The maximum absolute atomic E-state index is 11.7. The van der Waals surface area contributed by atoms with Crippen LogP contribution in [0.15, 0.2) is 36.5 Å². The van der Waals surface area contributed by atoms with E-state index in [1.54, 1.807) is 6.20 Å². The van der Waals surface area contributed by atoms with Gasteiger partial charge in [-0.3, -0.25) is 4.79 Å². The predicted molar refractivity (Wildman–Crippen MR) is 91.5 cm³/mol. The van der Waals surface area contributed by atoms with Crippen LogP contribution < -0.4 is 10.6 Å². The van der Waals surface area contributed by atoms with Crippen LogP contribution in [0.25, 0.3) is 0 Å². The average molecular weight is 297 g/mol. The van der Waals surface area contributed by atoms with Gasteiger partial charge < -0.3 is 10.6 Å². The highest BCUT2D eigenvalue weighted by atomic mass is 16.1. The number of benzene rings is 1. The van der Waals surface area contributed by atoms with Crippen molar-refractivity contribution in [3.8, 4) is 0 Å². The number of amides is 1. The van der Waals surface area contributed by atoms with E-state index >= 15 is 0 Å². The molecule has 0 radical (unpaired) electrons. The first-order chi connectivity index (χ1) is 10.4. The van der Waals surface area contributed by atoms with Gasteiger partial charge in [0.2, 0.25) is 5.91 Å². The zero-order chi connectivity index (χ0) is 16.1. The molecule has 2 N–H and O–H groups in total. The smallest absolute Gasteiger partial charge is 0.224 e. The molecule has 4 heteroatoms. The molecule has 0 unspecified atom stereocenters. The van der Waals surface area contributed by atoms with Gasteiger partial charge in [-0.2, -0.15) is 0 Å². The summed E-state index contributed by atoms with van der Waals surface area (Å²) in [5.74, 6) is 1.13. The zero-order valence-electron chi connectivity index (χ0n) is 13.6. The summed E-state index contributed by atoms with van der Waals surface area (Å²) in [4.78, 5) is 16.1. The monoisotopic (exact) mass is 297 g/mol. The maximum Gasteiger partial charge on any atom is 0.224 e. The Balaban J connectivity index is 2.03. The molecule has 22 heavy (non-hydrogen) atoms. The summed E-state index contributed by atoms with van der Waals surface area (Å²) in [7, 11) is 0. The van der Waals surface area contributed by atoms with Crippen molar-refractivity contribution in [1.82, 2.24) is 4.98 Å². The molecule has 1 heterocycles. The predicted octanol–water partition coefficient (Wildman–Crippen LogP) is 4.43. The van der Waals surface area contributed by atoms with Crippen LogP contribution in [0.2, 0.25) is 0 Å². The van der Waals surface area contributed by atoms with E-state index in [-0.39, 0.29) is 5.91 Å². The highest BCUT2D eigenvalue weighted by Gasteiger charge is 2.06. The Labute approximate surface area is 132 Å². The second kappa shape index (κ2) is 7.07. The van der Waals surface area contributed by atoms with Crippen LogP contribution in [-0.4, -0.2) is 10.9 Å². The number of aryl methyl sites for hydroxylation is 2. The summed E-state index contributed by atoms with van der Waals surface area (Å²) in [6.07, 6.45) is 2.19. The van der Waals surface area contributed by atoms with Crippen molar-refractivity contribution >= 4 is 23.1 Å². The van der Waals surface area contributed by atoms with Crippen LogP contribution >= 0.6 is 0 Å². The third kappa shape index (κ3) is 4.58. The minimum absolute atomic E-state index is 0.0204. The number of nitrogens with one attached hydrogen (secondary N) is 2. The zero-order valence-corrected chi connectivity index (χ0v) is 13.6. The Morgan fingerprint density at radius 2 is 1.95 bits per heavy atom. The highest BCUT2D eigenvalue weighted by molar-refractivity contribution is 5.90. The SMILES string of the molecule is Cc1ccc(C)c(Nc2ccc(NC(=O)CC(C)C)cn2)c1. The van der Waals surface area contributed by atoms with Crippen LogP contribution in [0.1, 0.15) is 31.4 Å². The van der Waals surface area contributed by atoms with E-state index in [9.17, 15) is 4.79 Å². The fraction of sp³-hybridized carbons (Fsp3) is 0.333. The number of rotatable bonds is 5. The van der Waals surface area contributed by atoms with Gasteiger partial charge in [-0.1, -0.05) is 26.0 Å². The minimum atomic E-state index is 0.0204. The van der Waals surface area contributed by atoms with Crippen LogP contribution in [0.4, 0.5) is 17.2 Å². The number of carbonyl (C=O) groups excluding carboxylic acids is 1. The van der Waals surface area contributed by atoms with E-state index in [0.717, 1.165) is 17.2 Å². The number of nitrogens with zero attached hydrogens (tertiary/aromatic N) is 1. The summed E-state index contributed by atoms with van der Waals surface area (Å²) in [6, 6.07) is 9.99. The fourth-order valence-corrected chi connectivity index (χ4v) is 2.13. The Hall–Kier alpha value is -2.36. The Morgan fingerprint density at radius 3 is 2.59 bits per heavy atom. The van der Waals surface area contributed by atoms with Gasteiger partial charge in [0.15, 0.2) is 0 Å². The molecule has 0 aliphatic heterocycles. The van der Waals surface area contributed by atoms with Crippen LogP contribution in [0.5, 0.6) is 0 Å². The molecule has 116 valence electrons. The third-order valence-corrected chi connectivity index (χ3v) is 3.30. The number of aromatic nitrogens is 1. The summed E-state index contributed by atoms with van der Waals surface area (Å²) in [6.45, 7) is 8.16. The topological polar surface area (TPSA) is 54.0 Å². The molecule has 2 rings (SSSR count). The molecule has 0 spiro atoms. The molecule has 0 bridgehead atoms. The standard InChI is InChI=1S/C18H23N3O/c1-12(2)9-18(22)20-15-7-8-17(19-11-15)21-16-10-13(3)5-6-14(16)4/h5-8,10-12H,9H2,1-4H3,(H,19,21)(H,20,22). The molecule has 0 aliphatic carbocycles. The van der Waals surface area contributed by atoms with Crippen molar-refractivity contribution in [2.45, 2.75) is 34.1 Å². The van der Waals surface area contributed by atoms with Gasteiger partial charge >= 0.3 is 0 Å². The lowest BCUT2D eigenvalue weighted by Crippen LogP contribution is -2.14. The van der Waals surface area contributed by atoms with Crippen LogP contribution in [0.3, 0.4) is 0 Å². The lowest BCUT2D eigenvalue weighted by molar-refractivity contribution is -0.116. The second-order valence-corrected chi connectivity index (χ2v) is 6.02. The molecule has 4 nitrogen and oxygen atoms in total. The summed E-state index contributed by atoms with van der Waals surface area (Å²) >= 11 is 0. The number of hydrogen-bond acceptors (Lipinski definition) is 3. The number of carbonyl (C=O) groups is 1. The van der Waals surface area contributed by atoms with Gasteiger partial charge in [-0.25, -0.2) is 4.98 Å². The third-order valence-electron chi connectivity index (χ3n) is 3.30. The Bertz CT molecular complexity index is 648. The van der Waals surface area contributed by atoms with Crippen molar-refractivity contribution in [2.24, 2.45) is 5.92 Å². The van der Waals surface area contributed by atoms with Crippen molar-refractivity contribution in [3.63, 3.8) is 0 Å². The first kappa shape index (κ1) is 16.0. The number of anilines is 3. The fourth-order valence-electron chi connectivity index (χ4n) is 2.13. The van der Waals surface area contributed by atoms with E-state index in [0.29, 0.717) is 12.3 Å². The minimum Gasteiger partial charge on any atom is -0.340 e. The van der Waals surface area contributed by atoms with Gasteiger partial charge in [-0.15, -0.1) is 0 Å². The molecular formula is C18H23N3O. The second-order valence-electron chi connectivity index (χ2n) is 6.02. The molecule has 0 saturated carbocycles. The molecule has 1 aromatic heterocycles. The Kier molecular flexibility index (Phi) is 5.15. The van der Waals surface area contributed by atoms with Gasteiger partial charge in [0.1, 0.15) is 5.82 Å². The molecule has 1 amide bonds. The lowest BCUT2D eigenvalue weighted by atomic mass is 10.1. The molecule has 0 saturated heterocycles. The first-order valence-electron chi connectivity index (χ1n) is 7.54. The van der Waals surface area contributed by atoms with Gasteiger partial charge in [-0.05, 0) is 49.1 Å². The molecular weight excluding hydrogens is 274 g/mol. The summed E-state index contributed by atoms with van der Waals surface area (Å²) in [5, 5.41) is 6.16. The first-order valence-corrected chi connectivity index (χ1v) is 7.54. The molecule has 2 aromatic rings. The van der Waals surface area contributed by atoms with Crippen LogP contribution in [-0.2, 0) is 4.79 Å². The summed E-state index contributed by atoms with van der Waals surface area (Å²) < 4.78 is 0. The number of hydrogen-bond donors (Lipinski definition) is 2. The normalized spacial score (nSPS) is 10.6. The van der Waals surface area contributed by atoms with Crippen LogP contribution in [0, 0.1) is 19.8 Å². The van der Waals surface area contributed by atoms with Gasteiger partial charge in [0.05, 0.1) is 11.9 Å². The van der Waals surface area contributed by atoms with Crippen molar-refractivity contribution in [1.29, 1.82) is 0 Å². The van der Waals surface area contributed by atoms with E-state index in [1.165, 1.54) is 11.1 Å². The molecule has 0 aliphatic rings. The molecule has 0 atom stereocenters.